The zero-order valence-electron chi connectivity index (χ0n) is 11.6. The third kappa shape index (κ3) is 2.36. The molecule has 2 aromatic rings. The van der Waals surface area contributed by atoms with Crippen LogP contribution in [0.1, 0.15) is 30.5 Å². The fraction of sp³-hybridized carbons (Fsp3) is 0.250. The molecule has 2 aromatic carbocycles. The third-order valence-corrected chi connectivity index (χ3v) is 3.75. The molecule has 0 amide bonds. The molecular weight excluding hydrogens is 236 g/mol. The monoisotopic (exact) mass is 256 g/mol. The lowest BCUT2D eigenvalue weighted by Gasteiger charge is -2.27. The highest BCUT2D eigenvalue weighted by atomic mass is 16.3. The number of phenolic OH excluding ortho intramolecular Hbond substituents is 1. The second kappa shape index (κ2) is 4.50. The molecule has 0 unspecified atom stereocenters. The Labute approximate surface area is 113 Å². The maximum Gasteiger partial charge on any atom is 0.138 e. The minimum atomic E-state index is -0.219. The van der Waals surface area contributed by atoms with Gasteiger partial charge in [-0.05, 0) is 41.8 Å². The maximum absolute atomic E-state index is 9.52. The Hall–Kier alpha value is -2.16. The van der Waals surface area contributed by atoms with E-state index in [1.54, 1.807) is 6.07 Å². The van der Waals surface area contributed by atoms with E-state index in [2.05, 4.69) is 19.9 Å². The van der Waals surface area contributed by atoms with Crippen LogP contribution >= 0.6 is 0 Å². The van der Waals surface area contributed by atoms with Crippen LogP contribution in [0, 0.1) is 6.92 Å². The molecule has 0 bridgehead atoms. The molecule has 0 radical (unpaired) electrons. The van der Waals surface area contributed by atoms with Gasteiger partial charge in [-0.25, -0.2) is 0 Å². The van der Waals surface area contributed by atoms with Crippen molar-refractivity contribution in [2.45, 2.75) is 26.2 Å². The van der Waals surface area contributed by atoms with Gasteiger partial charge in [0, 0.05) is 11.1 Å². The van der Waals surface area contributed by atoms with E-state index in [4.69, 9.17) is 11.5 Å². The average Bonchev–Trinajstić information content (AvgIpc) is 2.35. The topological polar surface area (TPSA) is 72.3 Å². The Morgan fingerprint density at radius 3 is 1.95 bits per heavy atom. The SMILES string of the molecule is Cc1ccc(C(C)(C)c2ccc(O)c(N)c2)cc1N. The maximum atomic E-state index is 9.52. The van der Waals surface area contributed by atoms with Crippen LogP contribution in [-0.4, -0.2) is 5.11 Å². The summed E-state index contributed by atoms with van der Waals surface area (Å²) in [4.78, 5) is 0. The number of anilines is 2. The second-order valence-corrected chi connectivity index (χ2v) is 5.47. The largest absolute Gasteiger partial charge is 0.506 e. The molecule has 0 aliphatic carbocycles. The van der Waals surface area contributed by atoms with E-state index < -0.39 is 0 Å². The standard InChI is InChI=1S/C16H20N2O/c1-10-4-5-11(8-13(10)17)16(2,3)12-6-7-15(19)14(18)9-12/h4-9,19H,17-18H2,1-3H3. The van der Waals surface area contributed by atoms with Crippen LogP contribution in [0.5, 0.6) is 5.75 Å². The normalized spacial score (nSPS) is 11.5. The lowest BCUT2D eigenvalue weighted by atomic mass is 9.77. The molecule has 0 aliphatic heterocycles. The highest BCUT2D eigenvalue weighted by molar-refractivity contribution is 5.57. The Kier molecular flexibility index (Phi) is 3.14. The van der Waals surface area contributed by atoms with Gasteiger partial charge in [0.25, 0.3) is 0 Å². The van der Waals surface area contributed by atoms with Crippen molar-refractivity contribution in [3.8, 4) is 5.75 Å². The summed E-state index contributed by atoms with van der Waals surface area (Å²) in [6.07, 6.45) is 0. The summed E-state index contributed by atoms with van der Waals surface area (Å²) >= 11 is 0. The second-order valence-electron chi connectivity index (χ2n) is 5.47. The molecule has 0 spiro atoms. The number of benzene rings is 2. The minimum Gasteiger partial charge on any atom is -0.506 e. The van der Waals surface area contributed by atoms with Gasteiger partial charge in [0.05, 0.1) is 5.69 Å². The average molecular weight is 256 g/mol. The Balaban J connectivity index is 2.51. The van der Waals surface area contributed by atoms with Crippen molar-refractivity contribution in [3.05, 3.63) is 53.1 Å². The molecule has 3 heteroatoms. The first-order valence-corrected chi connectivity index (χ1v) is 6.28. The Bertz CT molecular complexity index is 565. The summed E-state index contributed by atoms with van der Waals surface area (Å²) in [7, 11) is 0. The van der Waals surface area contributed by atoms with Crippen LogP contribution in [0.3, 0.4) is 0 Å². The van der Waals surface area contributed by atoms with Gasteiger partial charge in [-0.3, -0.25) is 0 Å². The van der Waals surface area contributed by atoms with Crippen molar-refractivity contribution >= 4 is 11.4 Å². The van der Waals surface area contributed by atoms with E-state index >= 15 is 0 Å². The van der Waals surface area contributed by atoms with E-state index in [0.29, 0.717) is 5.69 Å². The van der Waals surface area contributed by atoms with Crippen molar-refractivity contribution in [1.29, 1.82) is 0 Å². The molecule has 100 valence electrons. The van der Waals surface area contributed by atoms with Gasteiger partial charge in [0.1, 0.15) is 5.75 Å². The van der Waals surface area contributed by atoms with Crippen molar-refractivity contribution in [1.82, 2.24) is 0 Å². The van der Waals surface area contributed by atoms with Crippen LogP contribution in [0.4, 0.5) is 11.4 Å². The zero-order chi connectivity index (χ0) is 14.2. The number of aromatic hydroxyl groups is 1. The summed E-state index contributed by atoms with van der Waals surface area (Å²) in [5, 5.41) is 9.52. The van der Waals surface area contributed by atoms with Crippen LogP contribution < -0.4 is 11.5 Å². The lowest BCUT2D eigenvalue weighted by molar-refractivity contribution is 0.477. The summed E-state index contributed by atoms with van der Waals surface area (Å²) in [5.74, 6) is 0.114. The summed E-state index contributed by atoms with van der Waals surface area (Å²) in [6, 6.07) is 11.4. The quantitative estimate of drug-likeness (QED) is 0.570. The predicted molar refractivity (Wildman–Crippen MR) is 80.2 cm³/mol. The van der Waals surface area contributed by atoms with E-state index in [1.165, 1.54) is 0 Å². The summed E-state index contributed by atoms with van der Waals surface area (Å²) < 4.78 is 0. The van der Waals surface area contributed by atoms with Gasteiger partial charge < -0.3 is 16.6 Å². The van der Waals surface area contributed by atoms with Gasteiger partial charge in [0.15, 0.2) is 0 Å². The number of phenols is 1. The number of hydrogen-bond donors (Lipinski definition) is 3. The Morgan fingerprint density at radius 2 is 1.42 bits per heavy atom. The van der Waals surface area contributed by atoms with Gasteiger partial charge >= 0.3 is 0 Å². The lowest BCUT2D eigenvalue weighted by Crippen LogP contribution is -2.19. The molecule has 0 heterocycles. The van der Waals surface area contributed by atoms with Crippen molar-refractivity contribution in [3.63, 3.8) is 0 Å². The van der Waals surface area contributed by atoms with Crippen molar-refractivity contribution in [2.75, 3.05) is 11.5 Å². The molecule has 3 nitrogen and oxygen atoms in total. The van der Waals surface area contributed by atoms with Crippen molar-refractivity contribution in [2.24, 2.45) is 0 Å². The van der Waals surface area contributed by atoms with Crippen molar-refractivity contribution < 1.29 is 5.11 Å². The third-order valence-electron chi connectivity index (χ3n) is 3.75. The molecule has 0 fully saturated rings. The number of nitrogen functional groups attached to an aromatic ring is 2. The van der Waals surface area contributed by atoms with Gasteiger partial charge in [-0.2, -0.15) is 0 Å². The summed E-state index contributed by atoms with van der Waals surface area (Å²) in [5.41, 5.74) is 16.0. The van der Waals surface area contributed by atoms with Crippen LogP contribution in [-0.2, 0) is 5.41 Å². The number of hydrogen-bond acceptors (Lipinski definition) is 3. The zero-order valence-corrected chi connectivity index (χ0v) is 11.6. The fourth-order valence-corrected chi connectivity index (χ4v) is 2.14. The van der Waals surface area contributed by atoms with Crippen LogP contribution in [0.2, 0.25) is 0 Å². The number of nitrogens with two attached hydrogens (primary N) is 2. The smallest absolute Gasteiger partial charge is 0.138 e. The minimum absolute atomic E-state index is 0.114. The van der Waals surface area contributed by atoms with E-state index in [9.17, 15) is 5.11 Å². The van der Waals surface area contributed by atoms with E-state index in [0.717, 1.165) is 22.4 Å². The number of aryl methyl sites for hydroxylation is 1. The van der Waals surface area contributed by atoms with Gasteiger partial charge in [0.2, 0.25) is 0 Å². The highest BCUT2D eigenvalue weighted by Crippen LogP contribution is 2.35. The molecule has 0 aromatic heterocycles. The first-order chi connectivity index (χ1) is 8.82. The predicted octanol–water partition coefficient (Wildman–Crippen LogP) is 3.19. The molecule has 5 N–H and O–H groups in total. The fourth-order valence-electron chi connectivity index (χ4n) is 2.14. The first-order valence-electron chi connectivity index (χ1n) is 6.28. The Morgan fingerprint density at radius 1 is 0.895 bits per heavy atom. The first kappa shape index (κ1) is 13.3. The van der Waals surface area contributed by atoms with Gasteiger partial charge in [-0.15, -0.1) is 0 Å². The van der Waals surface area contributed by atoms with Gasteiger partial charge in [-0.1, -0.05) is 32.0 Å². The molecule has 0 saturated carbocycles. The molecule has 0 atom stereocenters. The molecule has 0 saturated heterocycles. The molecule has 19 heavy (non-hydrogen) atoms. The summed E-state index contributed by atoms with van der Waals surface area (Å²) in [6.45, 7) is 6.22. The molecule has 2 rings (SSSR count). The molecule has 0 aliphatic rings. The van der Waals surface area contributed by atoms with Crippen LogP contribution in [0.25, 0.3) is 0 Å². The van der Waals surface area contributed by atoms with E-state index in [1.807, 2.05) is 31.2 Å². The number of rotatable bonds is 2. The van der Waals surface area contributed by atoms with E-state index in [-0.39, 0.29) is 11.2 Å². The molecular formula is C16H20N2O. The highest BCUT2D eigenvalue weighted by Gasteiger charge is 2.24. The van der Waals surface area contributed by atoms with Crippen LogP contribution in [0.15, 0.2) is 36.4 Å².